The zero-order valence-corrected chi connectivity index (χ0v) is 17.1. The highest BCUT2D eigenvalue weighted by Gasteiger charge is 2.21. The molecule has 0 unspecified atom stereocenters. The number of carbonyl (C=O) groups excluding carboxylic acids is 2. The van der Waals surface area contributed by atoms with Crippen LogP contribution in [-0.2, 0) is 16.0 Å². The third-order valence-electron chi connectivity index (χ3n) is 4.54. The molecule has 2 amide bonds. The predicted octanol–water partition coefficient (Wildman–Crippen LogP) is 5.24. The number of amides is 2. The van der Waals surface area contributed by atoms with E-state index >= 15 is 0 Å². The molecule has 0 bridgehead atoms. The molecule has 150 valence electrons. The molecule has 3 rings (SSSR count). The molecule has 0 radical (unpaired) electrons. The number of rotatable bonds is 6. The summed E-state index contributed by atoms with van der Waals surface area (Å²) >= 11 is 0. The Bertz CT molecular complexity index is 985. The predicted molar refractivity (Wildman–Crippen MR) is 118 cm³/mol. The van der Waals surface area contributed by atoms with Crippen molar-refractivity contribution in [3.63, 3.8) is 0 Å². The molecule has 2 aromatic carbocycles. The van der Waals surface area contributed by atoms with Crippen molar-refractivity contribution in [2.75, 3.05) is 10.6 Å². The monoisotopic (exact) mass is 389 g/mol. The van der Waals surface area contributed by atoms with E-state index < -0.39 is 5.41 Å². The molecule has 1 heterocycles. The highest BCUT2D eigenvalue weighted by atomic mass is 16.2. The van der Waals surface area contributed by atoms with Crippen molar-refractivity contribution in [1.82, 2.24) is 4.98 Å². The van der Waals surface area contributed by atoms with Crippen molar-refractivity contribution in [3.05, 3.63) is 72.4 Å². The number of aromatic amines is 1. The van der Waals surface area contributed by atoms with Crippen LogP contribution in [0.3, 0.4) is 0 Å². The van der Waals surface area contributed by atoms with Crippen LogP contribution in [0.25, 0.3) is 11.3 Å². The lowest BCUT2D eigenvalue weighted by atomic mass is 9.95. The average molecular weight is 389 g/mol. The minimum absolute atomic E-state index is 0.0676. The van der Waals surface area contributed by atoms with Gasteiger partial charge in [-0.1, -0.05) is 57.2 Å². The molecule has 0 saturated carbocycles. The zero-order chi connectivity index (χ0) is 20.9. The average Bonchev–Trinajstić information content (AvgIpc) is 3.16. The van der Waals surface area contributed by atoms with Crippen molar-refractivity contribution in [2.45, 2.75) is 33.6 Å². The van der Waals surface area contributed by atoms with E-state index in [2.05, 4.69) is 15.6 Å². The first-order chi connectivity index (χ1) is 13.8. The zero-order valence-electron chi connectivity index (χ0n) is 17.1. The molecule has 0 aliphatic carbocycles. The van der Waals surface area contributed by atoms with Crippen molar-refractivity contribution in [1.29, 1.82) is 0 Å². The van der Waals surface area contributed by atoms with Gasteiger partial charge in [-0.05, 0) is 42.3 Å². The van der Waals surface area contributed by atoms with Crippen molar-refractivity contribution in [3.8, 4) is 11.3 Å². The Hall–Kier alpha value is -3.34. The van der Waals surface area contributed by atoms with Crippen LogP contribution in [0.2, 0.25) is 0 Å². The summed E-state index contributed by atoms with van der Waals surface area (Å²) in [6, 6.07) is 21.3. The molecule has 1 aromatic heterocycles. The van der Waals surface area contributed by atoms with E-state index in [0.717, 1.165) is 17.0 Å². The van der Waals surface area contributed by atoms with E-state index in [4.69, 9.17) is 0 Å². The van der Waals surface area contributed by atoms with Gasteiger partial charge in [-0.15, -0.1) is 0 Å². The summed E-state index contributed by atoms with van der Waals surface area (Å²) in [7, 11) is 0. The molecule has 0 saturated heterocycles. The number of nitrogens with one attached hydrogen (secondary N) is 3. The Labute approximate surface area is 171 Å². The van der Waals surface area contributed by atoms with Gasteiger partial charge in [0.1, 0.15) is 0 Å². The van der Waals surface area contributed by atoms with E-state index in [1.165, 1.54) is 0 Å². The third kappa shape index (κ3) is 5.82. The molecule has 0 spiro atoms. The van der Waals surface area contributed by atoms with Crippen LogP contribution < -0.4 is 10.6 Å². The molecule has 5 heteroatoms. The molecule has 3 aromatic rings. The number of anilines is 2. The lowest BCUT2D eigenvalue weighted by Crippen LogP contribution is -2.27. The number of hydrogen-bond donors (Lipinski definition) is 3. The van der Waals surface area contributed by atoms with Crippen LogP contribution in [-0.4, -0.2) is 16.8 Å². The minimum Gasteiger partial charge on any atom is -0.358 e. The molecular weight excluding hydrogens is 362 g/mol. The fraction of sp³-hybridized carbons (Fsp3) is 0.250. The summed E-state index contributed by atoms with van der Waals surface area (Å²) in [6.45, 7) is 5.58. The first kappa shape index (κ1) is 20.4. The van der Waals surface area contributed by atoms with Crippen LogP contribution in [0.1, 0.15) is 32.9 Å². The van der Waals surface area contributed by atoms with E-state index in [1.807, 2.05) is 81.4 Å². The second kappa shape index (κ2) is 8.78. The first-order valence-corrected chi connectivity index (χ1v) is 9.76. The van der Waals surface area contributed by atoms with Gasteiger partial charge in [0.05, 0.1) is 0 Å². The molecule has 0 atom stereocenters. The Morgan fingerprint density at radius 3 is 2.24 bits per heavy atom. The fourth-order valence-electron chi connectivity index (χ4n) is 2.84. The smallest absolute Gasteiger partial charge is 0.229 e. The van der Waals surface area contributed by atoms with Crippen LogP contribution in [0.15, 0.2) is 66.7 Å². The van der Waals surface area contributed by atoms with E-state index in [1.54, 1.807) is 6.07 Å². The van der Waals surface area contributed by atoms with Gasteiger partial charge >= 0.3 is 0 Å². The van der Waals surface area contributed by atoms with Gasteiger partial charge in [0.15, 0.2) is 0 Å². The van der Waals surface area contributed by atoms with Gasteiger partial charge in [0.25, 0.3) is 0 Å². The third-order valence-corrected chi connectivity index (χ3v) is 4.54. The lowest BCUT2D eigenvalue weighted by molar-refractivity contribution is -0.123. The number of H-pyrrole nitrogens is 1. The Balaban J connectivity index is 1.54. The summed E-state index contributed by atoms with van der Waals surface area (Å²) in [5, 5.41) is 5.78. The van der Waals surface area contributed by atoms with E-state index in [0.29, 0.717) is 24.2 Å². The Morgan fingerprint density at radius 1 is 0.862 bits per heavy atom. The SMILES string of the molecule is CC(C)(C)C(=O)Nc1cccc(NC(=O)CCc2ccc(-c3ccccc3)[nH]2)c1. The standard InChI is InChI=1S/C24H27N3O2/c1-24(2,3)23(29)27-20-11-7-10-19(16-20)26-22(28)15-13-18-12-14-21(25-18)17-8-5-4-6-9-17/h4-12,14,16,25H,13,15H2,1-3H3,(H,26,28)(H,27,29). The van der Waals surface area contributed by atoms with Crippen molar-refractivity contribution < 1.29 is 9.59 Å². The highest BCUT2D eigenvalue weighted by molar-refractivity contribution is 5.96. The van der Waals surface area contributed by atoms with Gasteiger partial charge in [-0.3, -0.25) is 9.59 Å². The maximum Gasteiger partial charge on any atom is 0.229 e. The summed E-state index contributed by atoms with van der Waals surface area (Å²) in [6.07, 6.45) is 0.992. The maximum absolute atomic E-state index is 12.3. The largest absolute Gasteiger partial charge is 0.358 e. The van der Waals surface area contributed by atoms with Gasteiger partial charge in [-0.25, -0.2) is 0 Å². The Morgan fingerprint density at radius 2 is 1.55 bits per heavy atom. The first-order valence-electron chi connectivity index (χ1n) is 9.76. The van der Waals surface area contributed by atoms with E-state index in [9.17, 15) is 9.59 Å². The summed E-state index contributed by atoms with van der Waals surface area (Å²) in [5.41, 5.74) is 4.04. The quantitative estimate of drug-likeness (QED) is 0.539. The topological polar surface area (TPSA) is 74.0 Å². The molecule has 3 N–H and O–H groups in total. The van der Waals surface area contributed by atoms with Crippen molar-refractivity contribution >= 4 is 23.2 Å². The number of hydrogen-bond acceptors (Lipinski definition) is 2. The highest BCUT2D eigenvalue weighted by Crippen LogP contribution is 2.21. The fourth-order valence-corrected chi connectivity index (χ4v) is 2.84. The molecule has 0 fully saturated rings. The molecular formula is C24H27N3O2. The van der Waals surface area contributed by atoms with Crippen LogP contribution in [0.5, 0.6) is 0 Å². The van der Waals surface area contributed by atoms with Crippen LogP contribution in [0, 0.1) is 5.41 Å². The summed E-state index contributed by atoms with van der Waals surface area (Å²) in [5.74, 6) is -0.137. The normalized spacial score (nSPS) is 11.1. The van der Waals surface area contributed by atoms with Gasteiger partial charge in [0.2, 0.25) is 11.8 Å². The van der Waals surface area contributed by atoms with E-state index in [-0.39, 0.29) is 11.8 Å². The second-order valence-electron chi connectivity index (χ2n) is 8.10. The van der Waals surface area contributed by atoms with Crippen molar-refractivity contribution in [2.24, 2.45) is 5.41 Å². The van der Waals surface area contributed by atoms with Gasteiger partial charge < -0.3 is 15.6 Å². The molecule has 29 heavy (non-hydrogen) atoms. The number of carbonyl (C=O) groups is 2. The lowest BCUT2D eigenvalue weighted by Gasteiger charge is -2.18. The summed E-state index contributed by atoms with van der Waals surface area (Å²) in [4.78, 5) is 27.8. The molecule has 0 aliphatic rings. The summed E-state index contributed by atoms with van der Waals surface area (Å²) < 4.78 is 0. The second-order valence-corrected chi connectivity index (χ2v) is 8.10. The number of aromatic nitrogens is 1. The number of benzene rings is 2. The number of aryl methyl sites for hydroxylation is 1. The minimum atomic E-state index is -0.478. The molecule has 5 nitrogen and oxygen atoms in total. The Kier molecular flexibility index (Phi) is 6.17. The van der Waals surface area contributed by atoms with Crippen LogP contribution in [0.4, 0.5) is 11.4 Å². The maximum atomic E-state index is 12.3. The molecule has 0 aliphatic heterocycles. The van der Waals surface area contributed by atoms with Gasteiger partial charge in [0, 0.05) is 34.6 Å². The van der Waals surface area contributed by atoms with Crippen LogP contribution >= 0.6 is 0 Å². The van der Waals surface area contributed by atoms with Gasteiger partial charge in [-0.2, -0.15) is 0 Å².